The molecule has 0 spiro atoms. The number of esters is 1. The molecular weight excluding hydrogens is 308 g/mol. The Morgan fingerprint density at radius 2 is 1.83 bits per heavy atom. The average Bonchev–Trinajstić information content (AvgIpc) is 2.90. The van der Waals surface area contributed by atoms with Crippen LogP contribution >= 0.6 is 0 Å². The Kier molecular flexibility index (Phi) is 6.78. The molecule has 2 N–H and O–H groups in total. The summed E-state index contributed by atoms with van der Waals surface area (Å²) in [6.45, 7) is 1.77. The van der Waals surface area contributed by atoms with E-state index < -0.39 is 0 Å². The van der Waals surface area contributed by atoms with E-state index in [-0.39, 0.29) is 36.5 Å². The molecule has 0 aliphatic carbocycles. The highest BCUT2D eigenvalue weighted by Crippen LogP contribution is 2.12. The molecular formula is C18H24N2O4. The van der Waals surface area contributed by atoms with E-state index in [0.717, 1.165) is 25.7 Å². The highest BCUT2D eigenvalue weighted by molar-refractivity contribution is 5.97. The number of carbonyl (C=O) groups is 3. The summed E-state index contributed by atoms with van der Waals surface area (Å²) in [5, 5.41) is 5.68. The number of amides is 2. The third-order valence-electron chi connectivity index (χ3n) is 4.13. The van der Waals surface area contributed by atoms with E-state index in [1.807, 2.05) is 13.0 Å². The van der Waals surface area contributed by atoms with E-state index in [4.69, 9.17) is 4.74 Å². The number of Topliss-reactive ketones (excluding diaryl/α,β-unsaturated/α-hetero) is 1. The van der Waals surface area contributed by atoms with Gasteiger partial charge in [0.1, 0.15) is 0 Å². The van der Waals surface area contributed by atoms with Crippen molar-refractivity contribution in [3.8, 4) is 0 Å². The van der Waals surface area contributed by atoms with Crippen molar-refractivity contribution in [1.29, 1.82) is 0 Å². The van der Waals surface area contributed by atoms with Crippen molar-refractivity contribution in [2.75, 3.05) is 6.61 Å². The molecule has 1 aliphatic rings. The van der Waals surface area contributed by atoms with Gasteiger partial charge in [-0.05, 0) is 19.8 Å². The molecule has 0 unspecified atom stereocenters. The van der Waals surface area contributed by atoms with Gasteiger partial charge >= 0.3 is 12.0 Å². The standard InChI is InChI=1S/C18H24N2O4/c1-13-15(20-18(23)19-13)10-6-3-7-11-17(22)24-12-16(21)14-8-4-2-5-9-14/h2,4-5,8-9,13,15H,3,6-7,10-12H2,1H3,(H2,19,20,23)/t13-,15-/m0/s1. The molecule has 0 saturated carbocycles. The molecule has 0 radical (unpaired) electrons. The minimum absolute atomic E-state index is 0.112. The van der Waals surface area contributed by atoms with Crippen molar-refractivity contribution in [2.45, 2.75) is 51.1 Å². The molecule has 1 aliphatic heterocycles. The zero-order valence-electron chi connectivity index (χ0n) is 13.9. The van der Waals surface area contributed by atoms with Crippen LogP contribution in [0.15, 0.2) is 30.3 Å². The van der Waals surface area contributed by atoms with Crippen LogP contribution in [0.5, 0.6) is 0 Å². The number of nitrogens with one attached hydrogen (secondary N) is 2. The molecule has 1 aromatic rings. The molecule has 1 aromatic carbocycles. The van der Waals surface area contributed by atoms with Crippen molar-refractivity contribution < 1.29 is 19.1 Å². The maximum absolute atomic E-state index is 11.8. The van der Waals surface area contributed by atoms with Gasteiger partial charge in [0.05, 0.1) is 6.04 Å². The lowest BCUT2D eigenvalue weighted by Gasteiger charge is -2.13. The second kappa shape index (κ2) is 9.05. The largest absolute Gasteiger partial charge is 0.457 e. The van der Waals surface area contributed by atoms with Crippen LogP contribution in [0.1, 0.15) is 49.4 Å². The lowest BCUT2D eigenvalue weighted by molar-refractivity contribution is -0.142. The quantitative estimate of drug-likeness (QED) is 0.413. The summed E-state index contributed by atoms with van der Waals surface area (Å²) in [4.78, 5) is 34.6. The first-order valence-corrected chi connectivity index (χ1v) is 8.37. The van der Waals surface area contributed by atoms with E-state index in [1.165, 1.54) is 0 Å². The van der Waals surface area contributed by atoms with Gasteiger partial charge in [0.15, 0.2) is 12.4 Å². The molecule has 6 nitrogen and oxygen atoms in total. The number of urea groups is 1. The van der Waals surface area contributed by atoms with Gasteiger partial charge in [-0.25, -0.2) is 4.79 Å². The Bertz CT molecular complexity index is 574. The van der Waals surface area contributed by atoms with Gasteiger partial charge in [0.25, 0.3) is 0 Å². The predicted molar refractivity (Wildman–Crippen MR) is 89.7 cm³/mol. The fourth-order valence-electron chi connectivity index (χ4n) is 2.70. The topological polar surface area (TPSA) is 84.5 Å². The number of carbonyl (C=O) groups excluding carboxylic acids is 3. The summed E-state index contributed by atoms with van der Waals surface area (Å²) < 4.78 is 5.01. The van der Waals surface area contributed by atoms with E-state index in [2.05, 4.69) is 10.6 Å². The third kappa shape index (κ3) is 5.68. The monoisotopic (exact) mass is 332 g/mol. The van der Waals surface area contributed by atoms with Gasteiger partial charge in [0.2, 0.25) is 0 Å². The van der Waals surface area contributed by atoms with Crippen LogP contribution in [0.25, 0.3) is 0 Å². The van der Waals surface area contributed by atoms with Gasteiger partial charge in [-0.1, -0.05) is 43.2 Å². The van der Waals surface area contributed by atoms with E-state index in [0.29, 0.717) is 12.0 Å². The second-order valence-electron chi connectivity index (χ2n) is 6.06. The van der Waals surface area contributed by atoms with Crippen LogP contribution in [0.3, 0.4) is 0 Å². The second-order valence-corrected chi connectivity index (χ2v) is 6.06. The Balaban J connectivity index is 1.54. The Morgan fingerprint density at radius 1 is 1.08 bits per heavy atom. The number of rotatable bonds is 9. The van der Waals surface area contributed by atoms with E-state index in [1.54, 1.807) is 24.3 Å². The van der Waals surface area contributed by atoms with Crippen molar-refractivity contribution in [3.63, 3.8) is 0 Å². The number of ketones is 1. The maximum atomic E-state index is 11.8. The average molecular weight is 332 g/mol. The van der Waals surface area contributed by atoms with E-state index >= 15 is 0 Å². The van der Waals surface area contributed by atoms with Crippen LogP contribution in [0, 0.1) is 0 Å². The third-order valence-corrected chi connectivity index (χ3v) is 4.13. The summed E-state index contributed by atoms with van der Waals surface area (Å²) in [7, 11) is 0. The first-order valence-electron chi connectivity index (χ1n) is 8.37. The summed E-state index contributed by atoms with van der Waals surface area (Å²) in [6, 6.07) is 8.98. The highest BCUT2D eigenvalue weighted by atomic mass is 16.5. The van der Waals surface area contributed by atoms with Crippen LogP contribution in [-0.2, 0) is 9.53 Å². The maximum Gasteiger partial charge on any atom is 0.315 e. The number of hydrogen-bond acceptors (Lipinski definition) is 4. The molecule has 2 amide bonds. The van der Waals surface area contributed by atoms with Crippen LogP contribution < -0.4 is 10.6 Å². The van der Waals surface area contributed by atoms with Crippen molar-refractivity contribution in [3.05, 3.63) is 35.9 Å². The summed E-state index contributed by atoms with van der Waals surface area (Å²) in [5.41, 5.74) is 0.548. The van der Waals surface area contributed by atoms with Crippen LogP contribution in [-0.4, -0.2) is 36.5 Å². The summed E-state index contributed by atoms with van der Waals surface area (Å²) in [6.07, 6.45) is 3.75. The van der Waals surface area contributed by atoms with Crippen LogP contribution in [0.2, 0.25) is 0 Å². The Morgan fingerprint density at radius 3 is 2.50 bits per heavy atom. The normalized spacial score (nSPS) is 19.5. The summed E-state index contributed by atoms with van der Waals surface area (Å²) in [5.74, 6) is -0.536. The highest BCUT2D eigenvalue weighted by Gasteiger charge is 2.26. The fourth-order valence-corrected chi connectivity index (χ4v) is 2.70. The van der Waals surface area contributed by atoms with Crippen LogP contribution in [0.4, 0.5) is 4.79 Å². The number of hydrogen-bond donors (Lipinski definition) is 2. The van der Waals surface area contributed by atoms with Gasteiger partial charge in [-0.2, -0.15) is 0 Å². The molecule has 2 rings (SSSR count). The van der Waals surface area contributed by atoms with Gasteiger partial charge in [-0.15, -0.1) is 0 Å². The first kappa shape index (κ1) is 18.0. The molecule has 0 bridgehead atoms. The smallest absolute Gasteiger partial charge is 0.315 e. The zero-order chi connectivity index (χ0) is 17.4. The molecule has 1 fully saturated rings. The minimum atomic E-state index is -0.344. The molecule has 2 atom stereocenters. The number of ether oxygens (including phenoxy) is 1. The number of benzene rings is 1. The molecule has 1 saturated heterocycles. The van der Waals surface area contributed by atoms with Crippen molar-refractivity contribution in [2.24, 2.45) is 0 Å². The van der Waals surface area contributed by atoms with Crippen molar-refractivity contribution in [1.82, 2.24) is 10.6 Å². The predicted octanol–water partition coefficient (Wildman–Crippen LogP) is 2.43. The van der Waals surface area contributed by atoms with E-state index in [9.17, 15) is 14.4 Å². The zero-order valence-corrected chi connectivity index (χ0v) is 13.9. The summed E-state index contributed by atoms with van der Waals surface area (Å²) >= 11 is 0. The van der Waals surface area contributed by atoms with Gasteiger partial charge in [-0.3, -0.25) is 9.59 Å². The SMILES string of the molecule is C[C@@H]1NC(=O)N[C@H]1CCCCCC(=O)OCC(=O)c1ccccc1. The molecule has 6 heteroatoms. The Labute approximate surface area is 142 Å². The molecule has 24 heavy (non-hydrogen) atoms. The first-order chi connectivity index (χ1) is 11.6. The van der Waals surface area contributed by atoms with Gasteiger partial charge in [0, 0.05) is 18.0 Å². The lowest BCUT2D eigenvalue weighted by atomic mass is 10.0. The molecule has 130 valence electrons. The minimum Gasteiger partial charge on any atom is -0.457 e. The fraction of sp³-hybridized carbons (Fsp3) is 0.500. The lowest BCUT2D eigenvalue weighted by Crippen LogP contribution is -2.30. The number of unbranched alkanes of at least 4 members (excludes halogenated alkanes) is 2. The van der Waals surface area contributed by atoms with Gasteiger partial charge < -0.3 is 15.4 Å². The molecule has 1 heterocycles. The van der Waals surface area contributed by atoms with Crippen molar-refractivity contribution >= 4 is 17.8 Å². The molecule has 0 aromatic heterocycles. The Hall–Kier alpha value is -2.37.